The molecule has 2 amide bonds. The van der Waals surface area contributed by atoms with Crippen molar-refractivity contribution < 1.29 is 27.5 Å². The smallest absolute Gasteiger partial charge is 0.410 e. The van der Waals surface area contributed by atoms with Crippen molar-refractivity contribution in [2.45, 2.75) is 22.3 Å². The molecule has 1 aromatic heterocycles. The van der Waals surface area contributed by atoms with Crippen molar-refractivity contribution in [1.82, 2.24) is 14.6 Å². The number of sulfonamides is 1. The first kappa shape index (κ1) is 25.6. The zero-order valence-corrected chi connectivity index (χ0v) is 22.1. The fourth-order valence-corrected chi connectivity index (χ4v) is 6.76. The van der Waals surface area contributed by atoms with E-state index in [2.05, 4.69) is 15.0 Å². The number of amides is 2. The third-order valence-corrected chi connectivity index (χ3v) is 9.05. The summed E-state index contributed by atoms with van der Waals surface area (Å²) in [6, 6.07) is 10.2. The number of halogens is 1. The van der Waals surface area contributed by atoms with E-state index in [9.17, 15) is 18.0 Å². The zero-order chi connectivity index (χ0) is 26.2. The lowest BCUT2D eigenvalue weighted by Crippen LogP contribution is -2.31. The summed E-state index contributed by atoms with van der Waals surface area (Å²) in [6.07, 6.45) is 1.09. The van der Waals surface area contributed by atoms with E-state index in [1.165, 1.54) is 23.9 Å². The van der Waals surface area contributed by atoms with Gasteiger partial charge in [-0.1, -0.05) is 11.6 Å². The predicted molar refractivity (Wildman–Crippen MR) is 140 cm³/mol. The number of anilines is 1. The van der Waals surface area contributed by atoms with E-state index in [-0.39, 0.29) is 28.1 Å². The molecular formula is C24H23ClN4O6S2. The minimum absolute atomic E-state index is 0.0714. The van der Waals surface area contributed by atoms with E-state index in [4.69, 9.17) is 21.1 Å². The number of carbonyl (C=O) groups excluding carboxylic acids is 2. The van der Waals surface area contributed by atoms with Crippen molar-refractivity contribution in [1.29, 1.82) is 0 Å². The van der Waals surface area contributed by atoms with Gasteiger partial charge >= 0.3 is 6.09 Å². The van der Waals surface area contributed by atoms with E-state index in [0.29, 0.717) is 35.8 Å². The first-order chi connectivity index (χ1) is 17.7. The first-order valence-corrected chi connectivity index (χ1v) is 14.2. The molecule has 5 rings (SSSR count). The number of nitrogens with one attached hydrogen (secondary N) is 2. The molecular weight excluding hydrogens is 540 g/mol. The predicted octanol–water partition coefficient (Wildman–Crippen LogP) is 3.80. The summed E-state index contributed by atoms with van der Waals surface area (Å²) in [5.41, 5.74) is 2.01. The molecule has 37 heavy (non-hydrogen) atoms. The van der Waals surface area contributed by atoms with Crippen molar-refractivity contribution in [3.63, 3.8) is 0 Å². The highest BCUT2D eigenvalue weighted by molar-refractivity contribution is 8.00. The van der Waals surface area contributed by atoms with Crippen LogP contribution < -0.4 is 14.8 Å². The highest BCUT2D eigenvalue weighted by Gasteiger charge is 2.33. The molecule has 13 heteroatoms. The van der Waals surface area contributed by atoms with Crippen LogP contribution in [0, 0.1) is 0 Å². The van der Waals surface area contributed by atoms with Crippen molar-refractivity contribution in [2.24, 2.45) is 0 Å². The van der Waals surface area contributed by atoms with Crippen LogP contribution in [0.15, 0.2) is 52.4 Å². The summed E-state index contributed by atoms with van der Waals surface area (Å²) in [4.78, 5) is 30.7. The summed E-state index contributed by atoms with van der Waals surface area (Å²) >= 11 is 7.52. The third-order valence-electron chi connectivity index (χ3n) is 6.07. The van der Waals surface area contributed by atoms with Gasteiger partial charge in [-0.05, 0) is 42.8 Å². The molecule has 0 aliphatic carbocycles. The number of hydrogen-bond acceptors (Lipinski definition) is 8. The Morgan fingerprint density at radius 1 is 1.27 bits per heavy atom. The largest absolute Gasteiger partial charge is 0.497 e. The number of benzene rings is 2. The molecule has 2 aliphatic heterocycles. The molecule has 2 aliphatic rings. The highest BCUT2D eigenvalue weighted by Crippen LogP contribution is 2.37. The van der Waals surface area contributed by atoms with E-state index < -0.39 is 22.2 Å². The normalized spacial score (nSPS) is 17.5. The van der Waals surface area contributed by atoms with Crippen molar-refractivity contribution in [2.75, 3.05) is 37.8 Å². The Kier molecular flexibility index (Phi) is 7.17. The van der Waals surface area contributed by atoms with Crippen molar-refractivity contribution in [3.8, 4) is 5.75 Å². The maximum Gasteiger partial charge on any atom is 0.410 e. The van der Waals surface area contributed by atoms with Crippen LogP contribution >= 0.6 is 23.4 Å². The van der Waals surface area contributed by atoms with Crippen LogP contribution in [0.25, 0.3) is 10.9 Å². The molecule has 3 heterocycles. The van der Waals surface area contributed by atoms with E-state index in [0.717, 1.165) is 16.5 Å². The van der Waals surface area contributed by atoms with Crippen molar-refractivity contribution in [3.05, 3.63) is 53.2 Å². The summed E-state index contributed by atoms with van der Waals surface area (Å²) < 4.78 is 39.2. The molecule has 1 saturated heterocycles. The molecule has 10 nitrogen and oxygen atoms in total. The fourth-order valence-electron chi connectivity index (χ4n) is 4.25. The van der Waals surface area contributed by atoms with Gasteiger partial charge in [-0.25, -0.2) is 17.9 Å². The monoisotopic (exact) mass is 562 g/mol. The number of pyridine rings is 1. The van der Waals surface area contributed by atoms with Gasteiger partial charge in [0.2, 0.25) is 15.9 Å². The van der Waals surface area contributed by atoms with Gasteiger partial charge in [0.25, 0.3) is 0 Å². The van der Waals surface area contributed by atoms with Crippen LogP contribution in [-0.2, 0) is 19.6 Å². The number of ether oxygens (including phenoxy) is 2. The molecule has 0 unspecified atom stereocenters. The van der Waals surface area contributed by atoms with E-state index in [1.807, 2.05) is 24.3 Å². The lowest BCUT2D eigenvalue weighted by molar-refractivity contribution is -0.113. The molecule has 3 aromatic rings. The lowest BCUT2D eigenvalue weighted by atomic mass is 10.0. The van der Waals surface area contributed by atoms with Gasteiger partial charge in [-0.2, -0.15) is 0 Å². The van der Waals surface area contributed by atoms with E-state index in [1.54, 1.807) is 18.2 Å². The summed E-state index contributed by atoms with van der Waals surface area (Å²) in [5, 5.41) is 3.57. The Labute approximate surface area is 222 Å². The zero-order valence-electron chi connectivity index (χ0n) is 19.7. The van der Waals surface area contributed by atoms with Gasteiger partial charge in [0.1, 0.15) is 16.7 Å². The summed E-state index contributed by atoms with van der Waals surface area (Å²) in [5.74, 6) is 0.722. The quantitative estimate of drug-likeness (QED) is 0.397. The number of fused-ring (bicyclic) bond motifs is 2. The van der Waals surface area contributed by atoms with Crippen LogP contribution in [0.4, 0.5) is 10.5 Å². The SMILES string of the molecule is COc1ccc2nccc([C@@H]3CN(CCCNS(=O)(=O)c4cc5c(cc4Cl)SCC(=O)N5)C(=O)O3)c2c1. The van der Waals surface area contributed by atoms with Crippen LogP contribution in [0.3, 0.4) is 0 Å². The molecule has 0 radical (unpaired) electrons. The Balaban J connectivity index is 1.21. The standard InChI is InChI=1S/C24H23ClN4O6S2/c1-34-14-3-4-18-16(9-14)15(5-7-26-18)20-12-29(24(31)35-20)8-2-6-27-37(32,33)22-11-19-21(10-17(22)25)36-13-23(30)28-19/h3-5,7,9-11,20,27H,2,6,8,12-13H2,1H3,(H,28,30)/t20-/m0/s1. The Bertz CT molecular complexity index is 1500. The molecule has 2 N–H and O–H groups in total. The van der Waals surface area contributed by atoms with Crippen molar-refractivity contribution >= 4 is 62.0 Å². The molecule has 2 aromatic carbocycles. The fraction of sp³-hybridized carbons (Fsp3) is 0.292. The van der Waals surface area contributed by atoms with E-state index >= 15 is 0 Å². The number of methoxy groups -OCH3 is 1. The summed E-state index contributed by atoms with van der Waals surface area (Å²) in [6.45, 7) is 0.714. The van der Waals surface area contributed by atoms with Gasteiger partial charge in [-0.15, -0.1) is 11.8 Å². The number of aromatic nitrogens is 1. The average Bonchev–Trinajstić information content (AvgIpc) is 3.25. The number of carbonyl (C=O) groups is 2. The van der Waals surface area contributed by atoms with Crippen LogP contribution in [-0.4, -0.2) is 62.8 Å². The minimum atomic E-state index is -3.93. The molecule has 194 valence electrons. The van der Waals surface area contributed by atoms with Crippen LogP contribution in [0.1, 0.15) is 18.1 Å². The van der Waals surface area contributed by atoms with Gasteiger partial charge in [0.05, 0.1) is 35.6 Å². The second kappa shape index (κ2) is 10.4. The van der Waals surface area contributed by atoms with Gasteiger partial charge in [0, 0.05) is 35.1 Å². The summed E-state index contributed by atoms with van der Waals surface area (Å²) in [7, 11) is -2.35. The average molecular weight is 563 g/mol. The molecule has 1 atom stereocenters. The second-order valence-corrected chi connectivity index (χ2v) is 11.6. The Morgan fingerprint density at radius 2 is 2.11 bits per heavy atom. The first-order valence-electron chi connectivity index (χ1n) is 11.4. The second-order valence-electron chi connectivity index (χ2n) is 8.47. The molecule has 0 spiro atoms. The number of cyclic esters (lactones) is 1. The molecule has 1 fully saturated rings. The Hall–Kier alpha value is -3.06. The Morgan fingerprint density at radius 3 is 2.92 bits per heavy atom. The maximum absolute atomic E-state index is 12.9. The van der Waals surface area contributed by atoms with Crippen LogP contribution in [0.5, 0.6) is 5.75 Å². The number of rotatable bonds is 8. The number of nitrogens with zero attached hydrogens (tertiary/aromatic N) is 2. The molecule has 0 saturated carbocycles. The highest BCUT2D eigenvalue weighted by atomic mass is 35.5. The third kappa shape index (κ3) is 5.33. The lowest BCUT2D eigenvalue weighted by Gasteiger charge is -2.18. The molecule has 0 bridgehead atoms. The van der Waals surface area contributed by atoms with Gasteiger partial charge in [0.15, 0.2) is 0 Å². The van der Waals surface area contributed by atoms with Gasteiger partial charge in [-0.3, -0.25) is 9.78 Å². The minimum Gasteiger partial charge on any atom is -0.497 e. The topological polar surface area (TPSA) is 127 Å². The number of hydrogen-bond donors (Lipinski definition) is 2. The maximum atomic E-state index is 12.9. The van der Waals surface area contributed by atoms with Crippen LogP contribution in [0.2, 0.25) is 5.02 Å². The number of thioether (sulfide) groups is 1. The van der Waals surface area contributed by atoms with Gasteiger partial charge < -0.3 is 19.7 Å².